The molecule has 0 aliphatic heterocycles. The van der Waals surface area contributed by atoms with Crippen molar-refractivity contribution in [1.82, 2.24) is 0 Å². The SMILES string of the molecule is CCCCc1ccc(Oc2ccc(CBr)cc2F)cc1. The summed E-state index contributed by atoms with van der Waals surface area (Å²) in [5.41, 5.74) is 2.18. The smallest absolute Gasteiger partial charge is 0.166 e. The predicted octanol–water partition coefficient (Wildman–Crippen LogP) is 5.86. The molecule has 0 aromatic heterocycles. The van der Waals surface area contributed by atoms with Crippen LogP contribution in [0, 0.1) is 5.82 Å². The fraction of sp³-hybridized carbons (Fsp3) is 0.294. The number of hydrogen-bond acceptors (Lipinski definition) is 1. The number of rotatable bonds is 6. The van der Waals surface area contributed by atoms with Crippen LogP contribution in [0.5, 0.6) is 11.5 Å². The molecule has 20 heavy (non-hydrogen) atoms. The molecule has 0 heterocycles. The minimum Gasteiger partial charge on any atom is -0.454 e. The van der Waals surface area contributed by atoms with Gasteiger partial charge in [-0.05, 0) is 48.2 Å². The lowest BCUT2D eigenvalue weighted by atomic mass is 10.1. The highest BCUT2D eigenvalue weighted by molar-refractivity contribution is 9.08. The lowest BCUT2D eigenvalue weighted by Crippen LogP contribution is -1.91. The minimum atomic E-state index is -0.336. The van der Waals surface area contributed by atoms with E-state index in [1.54, 1.807) is 6.07 Å². The molecule has 0 spiro atoms. The van der Waals surface area contributed by atoms with Gasteiger partial charge in [-0.1, -0.05) is 47.5 Å². The Balaban J connectivity index is 2.06. The summed E-state index contributed by atoms with van der Waals surface area (Å²) in [6.07, 6.45) is 3.44. The molecule has 0 bridgehead atoms. The van der Waals surface area contributed by atoms with Gasteiger partial charge in [-0.25, -0.2) is 4.39 Å². The van der Waals surface area contributed by atoms with E-state index in [1.165, 1.54) is 24.5 Å². The Morgan fingerprint density at radius 3 is 2.35 bits per heavy atom. The van der Waals surface area contributed by atoms with E-state index in [1.807, 2.05) is 30.3 Å². The molecule has 2 aromatic carbocycles. The number of halogens is 2. The molecule has 1 nitrogen and oxygen atoms in total. The van der Waals surface area contributed by atoms with Gasteiger partial charge in [-0.15, -0.1) is 0 Å². The maximum Gasteiger partial charge on any atom is 0.166 e. The molecule has 3 heteroatoms. The highest BCUT2D eigenvalue weighted by atomic mass is 79.9. The van der Waals surface area contributed by atoms with Crippen molar-refractivity contribution in [3.8, 4) is 11.5 Å². The summed E-state index contributed by atoms with van der Waals surface area (Å²) in [6, 6.07) is 12.9. The highest BCUT2D eigenvalue weighted by Crippen LogP contribution is 2.26. The van der Waals surface area contributed by atoms with Gasteiger partial charge in [-0.3, -0.25) is 0 Å². The maximum atomic E-state index is 13.8. The van der Waals surface area contributed by atoms with Crippen molar-refractivity contribution in [2.45, 2.75) is 31.5 Å². The molecule has 0 unspecified atom stereocenters. The van der Waals surface area contributed by atoms with Gasteiger partial charge in [0.15, 0.2) is 11.6 Å². The van der Waals surface area contributed by atoms with E-state index >= 15 is 0 Å². The summed E-state index contributed by atoms with van der Waals surface area (Å²) in [4.78, 5) is 0. The summed E-state index contributed by atoms with van der Waals surface area (Å²) in [5, 5.41) is 0.635. The van der Waals surface area contributed by atoms with Crippen molar-refractivity contribution in [1.29, 1.82) is 0 Å². The van der Waals surface area contributed by atoms with Crippen LogP contribution in [-0.4, -0.2) is 0 Å². The minimum absolute atomic E-state index is 0.260. The fourth-order valence-electron chi connectivity index (χ4n) is 1.94. The molecule has 2 rings (SSSR count). The van der Waals surface area contributed by atoms with Crippen LogP contribution in [0.3, 0.4) is 0 Å². The average Bonchev–Trinajstić information content (AvgIpc) is 2.48. The Kier molecular flexibility index (Phi) is 5.60. The van der Waals surface area contributed by atoms with E-state index in [0.717, 1.165) is 12.0 Å². The summed E-state index contributed by atoms with van der Waals surface area (Å²) in [6.45, 7) is 2.18. The van der Waals surface area contributed by atoms with Crippen molar-refractivity contribution < 1.29 is 9.13 Å². The number of ether oxygens (including phenoxy) is 1. The average molecular weight is 337 g/mol. The lowest BCUT2D eigenvalue weighted by Gasteiger charge is -2.08. The van der Waals surface area contributed by atoms with E-state index in [9.17, 15) is 4.39 Å². The van der Waals surface area contributed by atoms with Gasteiger partial charge >= 0.3 is 0 Å². The zero-order chi connectivity index (χ0) is 14.4. The molecule has 0 saturated carbocycles. The van der Waals surface area contributed by atoms with E-state index in [0.29, 0.717) is 11.1 Å². The lowest BCUT2D eigenvalue weighted by molar-refractivity contribution is 0.441. The first-order chi connectivity index (χ1) is 9.72. The summed E-state index contributed by atoms with van der Waals surface area (Å²) < 4.78 is 19.4. The summed E-state index contributed by atoms with van der Waals surface area (Å²) in [7, 11) is 0. The summed E-state index contributed by atoms with van der Waals surface area (Å²) >= 11 is 3.30. The van der Waals surface area contributed by atoms with Crippen molar-refractivity contribution in [3.05, 3.63) is 59.4 Å². The number of benzene rings is 2. The van der Waals surface area contributed by atoms with Crippen LogP contribution >= 0.6 is 15.9 Å². The van der Waals surface area contributed by atoms with Gasteiger partial charge in [-0.2, -0.15) is 0 Å². The number of hydrogen-bond donors (Lipinski definition) is 0. The van der Waals surface area contributed by atoms with Gasteiger partial charge in [0, 0.05) is 5.33 Å². The first-order valence-corrected chi connectivity index (χ1v) is 7.96. The molecule has 2 aromatic rings. The van der Waals surface area contributed by atoms with Crippen LogP contribution in [0.2, 0.25) is 0 Å². The van der Waals surface area contributed by atoms with Crippen LogP contribution < -0.4 is 4.74 Å². The van der Waals surface area contributed by atoms with E-state index in [-0.39, 0.29) is 11.6 Å². The zero-order valence-corrected chi connectivity index (χ0v) is 13.1. The van der Waals surface area contributed by atoms with Crippen molar-refractivity contribution in [2.24, 2.45) is 0 Å². The Morgan fingerprint density at radius 2 is 1.75 bits per heavy atom. The molecule has 0 N–H and O–H groups in total. The molecular weight excluding hydrogens is 319 g/mol. The fourth-order valence-corrected chi connectivity index (χ4v) is 2.29. The molecule has 0 aliphatic carbocycles. The normalized spacial score (nSPS) is 10.6. The van der Waals surface area contributed by atoms with Crippen molar-refractivity contribution in [3.63, 3.8) is 0 Å². The Labute approximate surface area is 127 Å². The first kappa shape index (κ1) is 15.0. The Morgan fingerprint density at radius 1 is 1.05 bits per heavy atom. The van der Waals surface area contributed by atoms with Crippen LogP contribution in [0.25, 0.3) is 0 Å². The second-order valence-corrected chi connectivity index (χ2v) is 5.31. The van der Waals surface area contributed by atoms with Crippen LogP contribution in [-0.2, 0) is 11.8 Å². The van der Waals surface area contributed by atoms with Gasteiger partial charge in [0.1, 0.15) is 5.75 Å². The number of aryl methyl sites for hydroxylation is 1. The third kappa shape index (κ3) is 4.07. The molecular formula is C17H18BrFO. The monoisotopic (exact) mass is 336 g/mol. The van der Waals surface area contributed by atoms with Crippen LogP contribution in [0.1, 0.15) is 30.9 Å². The van der Waals surface area contributed by atoms with Gasteiger partial charge in [0.05, 0.1) is 0 Å². The van der Waals surface area contributed by atoms with E-state index in [2.05, 4.69) is 22.9 Å². The molecule has 0 atom stereocenters. The largest absolute Gasteiger partial charge is 0.454 e. The van der Waals surface area contributed by atoms with E-state index in [4.69, 9.17) is 4.74 Å². The predicted molar refractivity (Wildman–Crippen MR) is 84.2 cm³/mol. The van der Waals surface area contributed by atoms with Crippen LogP contribution in [0.4, 0.5) is 4.39 Å². The van der Waals surface area contributed by atoms with Gasteiger partial charge < -0.3 is 4.74 Å². The third-order valence-electron chi connectivity index (χ3n) is 3.12. The van der Waals surface area contributed by atoms with Crippen molar-refractivity contribution in [2.75, 3.05) is 0 Å². The summed E-state index contributed by atoms with van der Waals surface area (Å²) in [5.74, 6) is 0.587. The van der Waals surface area contributed by atoms with Crippen molar-refractivity contribution >= 4 is 15.9 Å². The van der Waals surface area contributed by atoms with Gasteiger partial charge in [0.25, 0.3) is 0 Å². The molecule has 0 saturated heterocycles. The second kappa shape index (κ2) is 7.44. The first-order valence-electron chi connectivity index (χ1n) is 6.84. The van der Waals surface area contributed by atoms with E-state index < -0.39 is 0 Å². The molecule has 0 fully saturated rings. The second-order valence-electron chi connectivity index (χ2n) is 4.75. The topological polar surface area (TPSA) is 9.23 Å². The molecule has 0 aliphatic rings. The standard InChI is InChI=1S/C17H18BrFO/c1-2-3-4-13-5-8-15(9-6-13)20-17-10-7-14(12-18)11-16(17)19/h5-11H,2-4,12H2,1H3. The molecule has 0 amide bonds. The van der Waals surface area contributed by atoms with Crippen LogP contribution in [0.15, 0.2) is 42.5 Å². The molecule has 106 valence electrons. The third-order valence-corrected chi connectivity index (χ3v) is 3.77. The molecule has 0 radical (unpaired) electrons. The zero-order valence-electron chi connectivity index (χ0n) is 11.5. The van der Waals surface area contributed by atoms with Gasteiger partial charge in [0.2, 0.25) is 0 Å². The highest BCUT2D eigenvalue weighted by Gasteiger charge is 2.06. The quantitative estimate of drug-likeness (QED) is 0.600. The number of unbranched alkanes of at least 4 members (excludes halogenated alkanes) is 1. The Bertz CT molecular complexity index is 551. The number of alkyl halides is 1. The Hall–Kier alpha value is -1.35. The maximum absolute atomic E-state index is 13.8.